The highest BCUT2D eigenvalue weighted by atomic mass is 16.5. The lowest BCUT2D eigenvalue weighted by molar-refractivity contribution is -0.117. The van der Waals surface area contributed by atoms with E-state index < -0.39 is 11.6 Å². The van der Waals surface area contributed by atoms with Crippen LogP contribution in [0.3, 0.4) is 0 Å². The third-order valence-electron chi connectivity index (χ3n) is 3.20. The van der Waals surface area contributed by atoms with Crippen molar-refractivity contribution in [1.29, 1.82) is 0 Å². The highest BCUT2D eigenvalue weighted by molar-refractivity contribution is 6.37. The first-order valence-corrected chi connectivity index (χ1v) is 6.45. The SMILES string of the molecule is COC1=C(OC)C(=O)C(=C(C)C=Cc2ccccc2)C1=O. The largest absolute Gasteiger partial charge is 0.489 e. The zero-order valence-electron chi connectivity index (χ0n) is 12.2. The van der Waals surface area contributed by atoms with Gasteiger partial charge in [-0.25, -0.2) is 0 Å². The number of rotatable bonds is 4. The molecule has 1 aromatic carbocycles. The Balaban J connectivity index is 2.35. The number of allylic oxidation sites excluding steroid dienone is 4. The summed E-state index contributed by atoms with van der Waals surface area (Å²) in [6.45, 7) is 1.72. The summed E-state index contributed by atoms with van der Waals surface area (Å²) in [6.07, 6.45) is 3.59. The van der Waals surface area contributed by atoms with E-state index in [0.29, 0.717) is 5.57 Å². The molecular formula is C17H16O4. The van der Waals surface area contributed by atoms with E-state index >= 15 is 0 Å². The topological polar surface area (TPSA) is 52.6 Å². The van der Waals surface area contributed by atoms with E-state index in [9.17, 15) is 9.59 Å². The maximum atomic E-state index is 12.2. The summed E-state index contributed by atoms with van der Waals surface area (Å²) in [4.78, 5) is 24.4. The van der Waals surface area contributed by atoms with Crippen LogP contribution < -0.4 is 0 Å². The van der Waals surface area contributed by atoms with Crippen LogP contribution in [0.15, 0.2) is 59.1 Å². The Hall–Kier alpha value is -2.62. The van der Waals surface area contributed by atoms with Crippen LogP contribution in [0.5, 0.6) is 0 Å². The lowest BCUT2D eigenvalue weighted by Gasteiger charge is -1.99. The molecule has 4 heteroatoms. The Morgan fingerprint density at radius 2 is 1.48 bits per heavy atom. The van der Waals surface area contributed by atoms with Crippen LogP contribution in [-0.2, 0) is 19.1 Å². The van der Waals surface area contributed by atoms with E-state index in [1.165, 1.54) is 14.2 Å². The van der Waals surface area contributed by atoms with Crippen molar-refractivity contribution in [3.05, 3.63) is 64.6 Å². The van der Waals surface area contributed by atoms with Gasteiger partial charge in [0.1, 0.15) is 0 Å². The van der Waals surface area contributed by atoms with Crippen molar-refractivity contribution in [1.82, 2.24) is 0 Å². The van der Waals surface area contributed by atoms with Crippen molar-refractivity contribution < 1.29 is 19.1 Å². The van der Waals surface area contributed by atoms with E-state index in [2.05, 4.69) is 0 Å². The molecule has 0 fully saturated rings. The fourth-order valence-corrected chi connectivity index (χ4v) is 2.13. The normalized spacial score (nSPS) is 15.1. The number of carbonyl (C=O) groups is 2. The second kappa shape index (κ2) is 6.22. The van der Waals surface area contributed by atoms with E-state index in [4.69, 9.17) is 9.47 Å². The first-order valence-electron chi connectivity index (χ1n) is 6.45. The maximum absolute atomic E-state index is 12.2. The number of hydrogen-bond donors (Lipinski definition) is 0. The van der Waals surface area contributed by atoms with Gasteiger partial charge in [-0.1, -0.05) is 42.5 Å². The van der Waals surface area contributed by atoms with Gasteiger partial charge in [-0.15, -0.1) is 0 Å². The Morgan fingerprint density at radius 1 is 0.952 bits per heavy atom. The minimum Gasteiger partial charge on any atom is -0.489 e. The fraction of sp³-hybridized carbons (Fsp3) is 0.176. The van der Waals surface area contributed by atoms with Crippen LogP contribution in [0.4, 0.5) is 0 Å². The summed E-state index contributed by atoms with van der Waals surface area (Å²) in [7, 11) is 2.69. The van der Waals surface area contributed by atoms with Gasteiger partial charge in [-0.05, 0) is 18.1 Å². The van der Waals surface area contributed by atoms with E-state index in [1.807, 2.05) is 36.4 Å². The fourth-order valence-electron chi connectivity index (χ4n) is 2.13. The molecule has 0 spiro atoms. The molecule has 0 N–H and O–H groups in total. The van der Waals surface area contributed by atoms with Gasteiger partial charge in [-0.2, -0.15) is 0 Å². The molecule has 0 atom stereocenters. The quantitative estimate of drug-likeness (QED) is 0.630. The molecule has 0 heterocycles. The third kappa shape index (κ3) is 2.79. The number of Topliss-reactive ketones (excluding diaryl/α,β-unsaturated/α-hetero) is 2. The molecule has 108 valence electrons. The van der Waals surface area contributed by atoms with Crippen LogP contribution in [0.25, 0.3) is 6.08 Å². The van der Waals surface area contributed by atoms with Crippen molar-refractivity contribution in [2.24, 2.45) is 0 Å². The molecule has 0 amide bonds. The van der Waals surface area contributed by atoms with Gasteiger partial charge >= 0.3 is 0 Å². The van der Waals surface area contributed by atoms with Crippen molar-refractivity contribution in [2.45, 2.75) is 6.92 Å². The van der Waals surface area contributed by atoms with Gasteiger partial charge in [0.05, 0.1) is 19.8 Å². The molecule has 0 unspecified atom stereocenters. The van der Waals surface area contributed by atoms with Gasteiger partial charge in [-0.3, -0.25) is 9.59 Å². The summed E-state index contributed by atoms with van der Waals surface area (Å²) >= 11 is 0. The summed E-state index contributed by atoms with van der Waals surface area (Å²) < 4.78 is 9.93. The smallest absolute Gasteiger partial charge is 0.235 e. The molecule has 0 radical (unpaired) electrons. The summed E-state index contributed by atoms with van der Waals surface area (Å²) in [5.41, 5.74) is 1.66. The molecule has 1 aliphatic carbocycles. The van der Waals surface area contributed by atoms with E-state index in [-0.39, 0.29) is 17.1 Å². The lowest BCUT2D eigenvalue weighted by atomic mass is 10.0. The molecule has 2 rings (SSSR count). The lowest BCUT2D eigenvalue weighted by Crippen LogP contribution is -2.07. The molecule has 0 bridgehead atoms. The molecule has 0 saturated heterocycles. The Morgan fingerprint density at radius 3 is 1.95 bits per heavy atom. The van der Waals surface area contributed by atoms with Crippen LogP contribution in [0.2, 0.25) is 0 Å². The van der Waals surface area contributed by atoms with Gasteiger partial charge < -0.3 is 9.47 Å². The zero-order chi connectivity index (χ0) is 15.4. The molecular weight excluding hydrogens is 268 g/mol. The zero-order valence-corrected chi connectivity index (χ0v) is 12.2. The number of hydrogen-bond acceptors (Lipinski definition) is 4. The average molecular weight is 284 g/mol. The van der Waals surface area contributed by atoms with Crippen molar-refractivity contribution in [3.63, 3.8) is 0 Å². The van der Waals surface area contributed by atoms with Crippen molar-refractivity contribution in [3.8, 4) is 0 Å². The van der Waals surface area contributed by atoms with Crippen LogP contribution >= 0.6 is 0 Å². The van der Waals surface area contributed by atoms with Gasteiger partial charge in [0, 0.05) is 0 Å². The van der Waals surface area contributed by atoms with E-state index in [1.54, 1.807) is 13.0 Å². The number of ether oxygens (including phenoxy) is 2. The molecule has 0 aromatic heterocycles. The first-order chi connectivity index (χ1) is 10.1. The van der Waals surface area contributed by atoms with Gasteiger partial charge in [0.2, 0.25) is 23.1 Å². The second-order valence-corrected chi connectivity index (χ2v) is 4.53. The first kappa shape index (κ1) is 14.8. The minimum atomic E-state index is -0.436. The predicted octanol–water partition coefficient (Wildman–Crippen LogP) is 2.67. The predicted molar refractivity (Wildman–Crippen MR) is 79.2 cm³/mol. The number of carbonyl (C=O) groups excluding carboxylic acids is 2. The van der Waals surface area contributed by atoms with Crippen molar-refractivity contribution in [2.75, 3.05) is 14.2 Å². The second-order valence-electron chi connectivity index (χ2n) is 4.53. The summed E-state index contributed by atoms with van der Waals surface area (Å²) in [6, 6.07) is 9.63. The monoisotopic (exact) mass is 284 g/mol. The molecule has 1 aliphatic rings. The van der Waals surface area contributed by atoms with Crippen LogP contribution in [-0.4, -0.2) is 25.8 Å². The standard InChI is InChI=1S/C17H16O4/c1-11(9-10-12-7-5-4-6-8-12)13-14(18)16(20-2)17(21-3)15(13)19/h4-10H,1-3H3. The molecule has 4 nitrogen and oxygen atoms in total. The molecule has 21 heavy (non-hydrogen) atoms. The van der Waals surface area contributed by atoms with Gasteiger partial charge in [0.15, 0.2) is 0 Å². The molecule has 0 aliphatic heterocycles. The summed E-state index contributed by atoms with van der Waals surface area (Å²) in [5.74, 6) is -0.945. The third-order valence-corrected chi connectivity index (χ3v) is 3.20. The highest BCUT2D eigenvalue weighted by Gasteiger charge is 2.39. The van der Waals surface area contributed by atoms with Crippen LogP contribution in [0, 0.1) is 0 Å². The Labute approximate surface area is 123 Å². The van der Waals surface area contributed by atoms with Crippen LogP contribution in [0.1, 0.15) is 12.5 Å². The molecule has 0 saturated carbocycles. The van der Waals surface area contributed by atoms with Crippen molar-refractivity contribution >= 4 is 17.6 Å². The average Bonchev–Trinajstić information content (AvgIpc) is 2.75. The summed E-state index contributed by atoms with van der Waals surface area (Å²) in [5, 5.41) is 0. The minimum absolute atomic E-state index is 0.0371. The van der Waals surface area contributed by atoms with Gasteiger partial charge in [0.25, 0.3) is 0 Å². The Kier molecular flexibility index (Phi) is 4.38. The maximum Gasteiger partial charge on any atom is 0.235 e. The number of benzene rings is 1. The number of ketones is 2. The Bertz CT molecular complexity index is 635. The van der Waals surface area contributed by atoms with E-state index in [0.717, 1.165) is 5.56 Å². The highest BCUT2D eigenvalue weighted by Crippen LogP contribution is 2.28. The molecule has 1 aromatic rings. The number of methoxy groups -OCH3 is 2.